The van der Waals surface area contributed by atoms with Crippen LogP contribution in [0.15, 0.2) is 18.2 Å². The Morgan fingerprint density at radius 3 is 2.88 bits per heavy atom. The summed E-state index contributed by atoms with van der Waals surface area (Å²) in [5.74, 6) is 0.973. The standard InChI is InChI=1S/C14H20N2O/c1-17-12-6-5-10-3-2-4-14(13(10)7-12)16-8-11(15)9-16/h5-7,11,14H,2-4,8-9,15H2,1H3. The van der Waals surface area contributed by atoms with Crippen molar-refractivity contribution in [2.24, 2.45) is 5.73 Å². The monoisotopic (exact) mass is 232 g/mol. The van der Waals surface area contributed by atoms with Crippen molar-refractivity contribution in [3.05, 3.63) is 29.3 Å². The average molecular weight is 232 g/mol. The van der Waals surface area contributed by atoms with E-state index in [1.165, 1.54) is 30.4 Å². The normalized spacial score (nSPS) is 25.2. The lowest BCUT2D eigenvalue weighted by atomic mass is 9.85. The summed E-state index contributed by atoms with van der Waals surface area (Å²) in [6.45, 7) is 2.09. The first-order chi connectivity index (χ1) is 8.28. The summed E-state index contributed by atoms with van der Waals surface area (Å²) in [6, 6.07) is 7.45. The number of aryl methyl sites for hydroxylation is 1. The number of ether oxygens (including phenoxy) is 1. The predicted molar refractivity (Wildman–Crippen MR) is 68.2 cm³/mol. The van der Waals surface area contributed by atoms with Gasteiger partial charge in [0.05, 0.1) is 7.11 Å². The second kappa shape index (κ2) is 4.31. The molecule has 17 heavy (non-hydrogen) atoms. The fourth-order valence-electron chi connectivity index (χ4n) is 3.06. The lowest BCUT2D eigenvalue weighted by Gasteiger charge is -2.45. The van der Waals surface area contributed by atoms with Crippen molar-refractivity contribution in [2.45, 2.75) is 31.3 Å². The molecule has 1 aromatic carbocycles. The molecule has 1 aromatic rings. The van der Waals surface area contributed by atoms with Gasteiger partial charge in [0.1, 0.15) is 5.75 Å². The summed E-state index contributed by atoms with van der Waals surface area (Å²) in [4.78, 5) is 2.50. The third-order valence-electron chi connectivity index (χ3n) is 4.01. The number of nitrogens with two attached hydrogens (primary N) is 1. The first-order valence-electron chi connectivity index (χ1n) is 6.44. The molecule has 1 aliphatic carbocycles. The molecule has 1 atom stereocenters. The van der Waals surface area contributed by atoms with Crippen LogP contribution >= 0.6 is 0 Å². The van der Waals surface area contributed by atoms with E-state index in [9.17, 15) is 0 Å². The topological polar surface area (TPSA) is 38.5 Å². The number of nitrogens with zero attached hydrogens (tertiary/aromatic N) is 1. The smallest absolute Gasteiger partial charge is 0.119 e. The molecule has 1 unspecified atom stereocenters. The largest absolute Gasteiger partial charge is 0.497 e. The van der Waals surface area contributed by atoms with E-state index in [-0.39, 0.29) is 0 Å². The summed E-state index contributed by atoms with van der Waals surface area (Å²) in [5.41, 5.74) is 8.83. The quantitative estimate of drug-likeness (QED) is 0.843. The molecule has 0 aromatic heterocycles. The molecule has 0 saturated carbocycles. The van der Waals surface area contributed by atoms with Crippen molar-refractivity contribution >= 4 is 0 Å². The highest BCUT2D eigenvalue weighted by Gasteiger charge is 2.33. The molecule has 0 spiro atoms. The Labute approximate surface area is 103 Å². The van der Waals surface area contributed by atoms with Crippen molar-refractivity contribution in [3.8, 4) is 5.75 Å². The SMILES string of the molecule is COc1ccc2c(c1)C(N1CC(N)C1)CCC2. The van der Waals surface area contributed by atoms with E-state index in [0.29, 0.717) is 12.1 Å². The van der Waals surface area contributed by atoms with Gasteiger partial charge in [-0.15, -0.1) is 0 Å². The van der Waals surface area contributed by atoms with Gasteiger partial charge in [0.25, 0.3) is 0 Å². The number of fused-ring (bicyclic) bond motifs is 1. The number of likely N-dealkylation sites (tertiary alicyclic amines) is 1. The maximum absolute atomic E-state index is 5.89. The second-order valence-corrected chi connectivity index (χ2v) is 5.19. The molecule has 1 fully saturated rings. The molecule has 3 nitrogen and oxygen atoms in total. The number of methoxy groups -OCH3 is 1. The summed E-state index contributed by atoms with van der Waals surface area (Å²) in [5, 5.41) is 0. The Balaban J connectivity index is 1.89. The lowest BCUT2D eigenvalue weighted by molar-refractivity contribution is 0.0831. The van der Waals surface area contributed by atoms with E-state index < -0.39 is 0 Å². The van der Waals surface area contributed by atoms with Gasteiger partial charge in [0, 0.05) is 25.2 Å². The fourth-order valence-corrected chi connectivity index (χ4v) is 3.06. The molecule has 1 aliphatic heterocycles. The van der Waals surface area contributed by atoms with Crippen LogP contribution in [-0.2, 0) is 6.42 Å². The summed E-state index contributed by atoms with van der Waals surface area (Å²) in [6.07, 6.45) is 3.75. The highest BCUT2D eigenvalue weighted by atomic mass is 16.5. The first kappa shape index (κ1) is 11.1. The minimum absolute atomic E-state index is 0.381. The molecule has 1 heterocycles. The van der Waals surface area contributed by atoms with Gasteiger partial charge in [-0.25, -0.2) is 0 Å². The molecule has 1 saturated heterocycles. The molecular weight excluding hydrogens is 212 g/mol. The highest BCUT2D eigenvalue weighted by molar-refractivity contribution is 5.39. The van der Waals surface area contributed by atoms with Crippen molar-refractivity contribution in [3.63, 3.8) is 0 Å². The number of benzene rings is 1. The molecule has 3 rings (SSSR count). The minimum atomic E-state index is 0.381. The Morgan fingerprint density at radius 2 is 2.18 bits per heavy atom. The van der Waals surface area contributed by atoms with Crippen LogP contribution in [0.4, 0.5) is 0 Å². The van der Waals surface area contributed by atoms with Crippen molar-refractivity contribution < 1.29 is 4.74 Å². The molecule has 3 heteroatoms. The molecule has 0 radical (unpaired) electrons. The third-order valence-corrected chi connectivity index (χ3v) is 4.01. The minimum Gasteiger partial charge on any atom is -0.497 e. The first-order valence-corrected chi connectivity index (χ1v) is 6.44. The predicted octanol–water partition coefficient (Wildman–Crippen LogP) is 1.72. The van der Waals surface area contributed by atoms with Crippen LogP contribution in [0.1, 0.15) is 30.0 Å². The number of rotatable bonds is 2. The average Bonchev–Trinajstić information content (AvgIpc) is 2.34. The Bertz CT molecular complexity index is 413. The Kier molecular flexibility index (Phi) is 2.81. The van der Waals surface area contributed by atoms with Crippen molar-refractivity contribution in [1.29, 1.82) is 0 Å². The van der Waals surface area contributed by atoms with Crippen molar-refractivity contribution in [1.82, 2.24) is 4.90 Å². The summed E-state index contributed by atoms with van der Waals surface area (Å²) < 4.78 is 5.34. The van der Waals surface area contributed by atoms with Gasteiger partial charge in [-0.2, -0.15) is 0 Å². The molecule has 2 N–H and O–H groups in total. The third kappa shape index (κ3) is 1.94. The molecular formula is C14H20N2O. The van der Waals surface area contributed by atoms with Crippen LogP contribution in [0, 0.1) is 0 Å². The zero-order valence-electron chi connectivity index (χ0n) is 10.4. The molecule has 0 bridgehead atoms. The molecule has 92 valence electrons. The van der Waals surface area contributed by atoms with E-state index in [2.05, 4.69) is 23.1 Å². The van der Waals surface area contributed by atoms with Gasteiger partial charge < -0.3 is 10.5 Å². The second-order valence-electron chi connectivity index (χ2n) is 5.19. The van der Waals surface area contributed by atoms with Gasteiger partial charge in [-0.05, 0) is 42.5 Å². The summed E-state index contributed by atoms with van der Waals surface area (Å²) in [7, 11) is 1.74. The highest BCUT2D eigenvalue weighted by Crippen LogP contribution is 2.38. The Hall–Kier alpha value is -1.06. The van der Waals surface area contributed by atoms with Gasteiger partial charge in [0.15, 0.2) is 0 Å². The van der Waals surface area contributed by atoms with Crippen LogP contribution in [-0.4, -0.2) is 31.1 Å². The van der Waals surface area contributed by atoms with E-state index in [0.717, 1.165) is 18.8 Å². The van der Waals surface area contributed by atoms with Crippen LogP contribution in [0.3, 0.4) is 0 Å². The van der Waals surface area contributed by atoms with Crippen LogP contribution in [0.25, 0.3) is 0 Å². The van der Waals surface area contributed by atoms with E-state index >= 15 is 0 Å². The van der Waals surface area contributed by atoms with Gasteiger partial charge in [-0.3, -0.25) is 4.90 Å². The Morgan fingerprint density at radius 1 is 1.35 bits per heavy atom. The zero-order chi connectivity index (χ0) is 11.8. The molecule has 2 aliphatic rings. The summed E-state index contributed by atoms with van der Waals surface area (Å²) >= 11 is 0. The van der Waals surface area contributed by atoms with E-state index in [1.807, 2.05) is 0 Å². The number of hydrogen-bond donors (Lipinski definition) is 1. The van der Waals surface area contributed by atoms with Gasteiger partial charge >= 0.3 is 0 Å². The maximum atomic E-state index is 5.89. The van der Waals surface area contributed by atoms with E-state index in [4.69, 9.17) is 10.5 Å². The van der Waals surface area contributed by atoms with Crippen LogP contribution in [0.5, 0.6) is 5.75 Å². The zero-order valence-corrected chi connectivity index (χ0v) is 10.4. The lowest BCUT2D eigenvalue weighted by Crippen LogP contribution is -2.57. The maximum Gasteiger partial charge on any atom is 0.119 e. The fraction of sp³-hybridized carbons (Fsp3) is 0.571. The van der Waals surface area contributed by atoms with Gasteiger partial charge in [-0.1, -0.05) is 6.07 Å². The number of hydrogen-bond acceptors (Lipinski definition) is 3. The van der Waals surface area contributed by atoms with Gasteiger partial charge in [0.2, 0.25) is 0 Å². The molecule has 0 amide bonds. The van der Waals surface area contributed by atoms with E-state index in [1.54, 1.807) is 7.11 Å². The van der Waals surface area contributed by atoms with Crippen molar-refractivity contribution in [2.75, 3.05) is 20.2 Å². The van der Waals surface area contributed by atoms with Crippen LogP contribution < -0.4 is 10.5 Å². The van der Waals surface area contributed by atoms with Crippen LogP contribution in [0.2, 0.25) is 0 Å².